The van der Waals surface area contributed by atoms with Crippen molar-refractivity contribution in [2.75, 3.05) is 0 Å². The van der Waals surface area contributed by atoms with Crippen LogP contribution < -0.4 is 0 Å². The van der Waals surface area contributed by atoms with Crippen LogP contribution in [0.1, 0.15) is 59.3 Å². The first-order valence-electron chi connectivity index (χ1n) is 9.74. The summed E-state index contributed by atoms with van der Waals surface area (Å²) >= 11 is 0. The molecule has 3 heteroatoms. The van der Waals surface area contributed by atoms with Gasteiger partial charge in [-0.25, -0.2) is 0 Å². The fourth-order valence-electron chi connectivity index (χ4n) is 6.97. The van der Waals surface area contributed by atoms with E-state index in [0.717, 1.165) is 31.3 Å². The smallest absolute Gasteiger partial charge is 0.101 e. The monoisotopic (exact) mass is 332 g/mol. The van der Waals surface area contributed by atoms with Gasteiger partial charge in [-0.2, -0.15) is 0 Å². The number of rotatable bonds is 1. The zero-order valence-electron chi connectivity index (χ0n) is 15.2. The highest BCUT2D eigenvalue weighted by Gasteiger charge is 2.58. The average Bonchev–Trinajstić information content (AvgIpc) is 2.89. The first-order valence-corrected chi connectivity index (χ1v) is 9.74. The molecule has 2 fully saturated rings. The van der Waals surface area contributed by atoms with Gasteiger partial charge < -0.3 is 15.3 Å². The van der Waals surface area contributed by atoms with Crippen LogP contribution in [0.25, 0.3) is 0 Å². The fourth-order valence-corrected chi connectivity index (χ4v) is 6.97. The number of allylic oxidation sites excluding steroid dienone is 2. The van der Waals surface area contributed by atoms with Crippen LogP contribution in [-0.2, 0) is 0 Å². The first kappa shape index (κ1) is 16.8. The summed E-state index contributed by atoms with van der Waals surface area (Å²) in [6, 6.07) is 0. The molecular weight excluding hydrogens is 300 g/mol. The number of hydrogen-bond acceptors (Lipinski definition) is 3. The minimum atomic E-state index is -0.673. The van der Waals surface area contributed by atoms with Crippen molar-refractivity contribution in [1.29, 1.82) is 0 Å². The maximum atomic E-state index is 10.5. The third kappa shape index (κ3) is 2.07. The second-order valence-electron chi connectivity index (χ2n) is 9.27. The molecule has 0 radical (unpaired) electrons. The van der Waals surface area contributed by atoms with Gasteiger partial charge >= 0.3 is 0 Å². The lowest BCUT2D eigenvalue weighted by atomic mass is 9.47. The molecule has 0 aromatic carbocycles. The molecule has 0 amide bonds. The van der Waals surface area contributed by atoms with E-state index in [1.807, 2.05) is 6.92 Å². The summed E-state index contributed by atoms with van der Waals surface area (Å²) in [6.45, 7) is 6.59. The Hall–Kier alpha value is -0.640. The maximum Gasteiger partial charge on any atom is 0.101 e. The highest BCUT2D eigenvalue weighted by atomic mass is 16.3. The first-order chi connectivity index (χ1) is 11.3. The minimum absolute atomic E-state index is 0.0382. The summed E-state index contributed by atoms with van der Waals surface area (Å²) < 4.78 is 0. The topological polar surface area (TPSA) is 60.7 Å². The van der Waals surface area contributed by atoms with Crippen LogP contribution in [0.15, 0.2) is 23.3 Å². The van der Waals surface area contributed by atoms with Gasteiger partial charge in [-0.05, 0) is 85.2 Å². The second-order valence-corrected chi connectivity index (χ2v) is 9.27. The van der Waals surface area contributed by atoms with Crippen LogP contribution in [0.4, 0.5) is 0 Å². The fraction of sp³-hybridized carbons (Fsp3) is 0.810. The van der Waals surface area contributed by atoms with Gasteiger partial charge in [-0.1, -0.05) is 26.0 Å². The number of aliphatic hydroxyl groups excluding tert-OH is 3. The second kappa shape index (κ2) is 5.43. The molecule has 4 aliphatic carbocycles. The molecule has 134 valence electrons. The van der Waals surface area contributed by atoms with E-state index in [4.69, 9.17) is 0 Å². The van der Waals surface area contributed by atoms with Crippen molar-refractivity contribution in [2.24, 2.45) is 28.6 Å². The predicted octanol–water partition coefficient (Wildman–Crippen LogP) is 3.20. The van der Waals surface area contributed by atoms with Crippen LogP contribution in [0.2, 0.25) is 0 Å². The van der Waals surface area contributed by atoms with Crippen LogP contribution in [0, 0.1) is 28.6 Å². The summed E-state index contributed by atoms with van der Waals surface area (Å²) in [7, 11) is 0. The molecule has 0 aliphatic heterocycles. The van der Waals surface area contributed by atoms with E-state index in [1.54, 1.807) is 0 Å². The molecular formula is C21H32O3. The Morgan fingerprint density at radius 1 is 1.00 bits per heavy atom. The third-order valence-corrected chi connectivity index (χ3v) is 8.26. The van der Waals surface area contributed by atoms with Gasteiger partial charge in [0.1, 0.15) is 6.10 Å². The summed E-state index contributed by atoms with van der Waals surface area (Å²) in [5.74, 6) is 1.84. The Bertz CT molecular complexity index is 592. The van der Waals surface area contributed by atoms with E-state index in [0.29, 0.717) is 24.2 Å². The van der Waals surface area contributed by atoms with Gasteiger partial charge in [0.2, 0.25) is 0 Å². The number of fused-ring (bicyclic) bond motifs is 5. The van der Waals surface area contributed by atoms with Crippen molar-refractivity contribution in [3.8, 4) is 0 Å². The van der Waals surface area contributed by atoms with Gasteiger partial charge in [0.05, 0.1) is 12.2 Å². The zero-order valence-corrected chi connectivity index (χ0v) is 15.2. The average molecular weight is 332 g/mol. The quantitative estimate of drug-likeness (QED) is 0.646. The van der Waals surface area contributed by atoms with E-state index in [-0.39, 0.29) is 16.9 Å². The summed E-state index contributed by atoms with van der Waals surface area (Å²) in [5.41, 5.74) is 2.54. The molecule has 4 rings (SSSR count). The van der Waals surface area contributed by atoms with Crippen molar-refractivity contribution in [3.63, 3.8) is 0 Å². The predicted molar refractivity (Wildman–Crippen MR) is 94.2 cm³/mol. The normalized spacial score (nSPS) is 51.8. The molecule has 0 saturated heterocycles. The van der Waals surface area contributed by atoms with E-state index < -0.39 is 12.2 Å². The van der Waals surface area contributed by atoms with Gasteiger partial charge in [-0.15, -0.1) is 0 Å². The number of aliphatic hydroxyl groups is 3. The van der Waals surface area contributed by atoms with Crippen molar-refractivity contribution in [1.82, 2.24) is 0 Å². The largest absolute Gasteiger partial charge is 0.390 e. The number of hydrogen-bond donors (Lipinski definition) is 3. The Balaban J connectivity index is 1.68. The molecule has 0 aromatic heterocycles. The van der Waals surface area contributed by atoms with Crippen molar-refractivity contribution >= 4 is 0 Å². The van der Waals surface area contributed by atoms with Gasteiger partial charge in [0.15, 0.2) is 0 Å². The molecule has 8 atom stereocenters. The van der Waals surface area contributed by atoms with Crippen molar-refractivity contribution in [2.45, 2.75) is 77.6 Å². The lowest BCUT2D eigenvalue weighted by molar-refractivity contribution is -0.0673. The lowest BCUT2D eigenvalue weighted by Gasteiger charge is -2.58. The Morgan fingerprint density at radius 2 is 1.71 bits per heavy atom. The van der Waals surface area contributed by atoms with E-state index in [9.17, 15) is 15.3 Å². The SMILES string of the molecule is CC(O)C1=CC[C@H]2[C@@H]3CC=C4[C@@H](O)[C@@H](O)CC[C@]4(C)[C@H]3CC[C@]12C. The van der Waals surface area contributed by atoms with E-state index >= 15 is 0 Å². The highest BCUT2D eigenvalue weighted by Crippen LogP contribution is 2.65. The summed E-state index contributed by atoms with van der Waals surface area (Å²) in [5, 5.41) is 30.8. The van der Waals surface area contributed by atoms with E-state index in [2.05, 4.69) is 26.0 Å². The molecule has 0 spiro atoms. The zero-order chi connectivity index (χ0) is 17.3. The van der Waals surface area contributed by atoms with Crippen LogP contribution in [-0.4, -0.2) is 33.6 Å². The Morgan fingerprint density at radius 3 is 2.42 bits per heavy atom. The van der Waals surface area contributed by atoms with Crippen molar-refractivity contribution < 1.29 is 15.3 Å². The standard InChI is InChI=1S/C21H32O3/c1-12(22)14-6-7-15-13-4-5-17-19(24)18(23)9-11-21(17,3)16(13)8-10-20(14,15)2/h5-6,12-13,15-16,18-19,22-24H,4,7-11H2,1-3H3/t12?,13-,15-,16-,18-,19+,20+,21+/m0/s1. The molecule has 0 heterocycles. The molecule has 2 saturated carbocycles. The Kier molecular flexibility index (Phi) is 3.80. The van der Waals surface area contributed by atoms with Crippen LogP contribution in [0.5, 0.6) is 0 Å². The van der Waals surface area contributed by atoms with Crippen LogP contribution >= 0.6 is 0 Å². The summed E-state index contributed by atoms with van der Waals surface area (Å²) in [4.78, 5) is 0. The maximum absolute atomic E-state index is 10.5. The summed E-state index contributed by atoms with van der Waals surface area (Å²) in [6.07, 6.45) is 9.04. The van der Waals surface area contributed by atoms with E-state index in [1.165, 1.54) is 12.0 Å². The molecule has 1 unspecified atom stereocenters. The van der Waals surface area contributed by atoms with Gasteiger partial charge in [-0.3, -0.25) is 0 Å². The van der Waals surface area contributed by atoms with Gasteiger partial charge in [0, 0.05) is 0 Å². The molecule has 24 heavy (non-hydrogen) atoms. The molecule has 0 bridgehead atoms. The minimum Gasteiger partial charge on any atom is -0.390 e. The molecule has 3 nitrogen and oxygen atoms in total. The van der Waals surface area contributed by atoms with Gasteiger partial charge in [0.25, 0.3) is 0 Å². The van der Waals surface area contributed by atoms with Crippen LogP contribution in [0.3, 0.4) is 0 Å². The molecule has 4 aliphatic rings. The highest BCUT2D eigenvalue weighted by molar-refractivity contribution is 5.33. The third-order valence-electron chi connectivity index (χ3n) is 8.26. The lowest BCUT2D eigenvalue weighted by Crippen LogP contribution is -2.53. The molecule has 3 N–H and O–H groups in total. The van der Waals surface area contributed by atoms with Crippen molar-refractivity contribution in [3.05, 3.63) is 23.3 Å². The Labute approximate surface area is 145 Å². The molecule has 0 aromatic rings.